The highest BCUT2D eigenvalue weighted by Crippen LogP contribution is 2.24. The monoisotopic (exact) mass is 359 g/mol. The number of ether oxygens (including phenoxy) is 2. The van der Waals surface area contributed by atoms with Crippen molar-refractivity contribution >= 4 is 17.6 Å². The molecule has 0 heterocycles. The highest BCUT2D eigenvalue weighted by atomic mass is 19.1. The number of benzene rings is 2. The molecule has 0 saturated heterocycles. The fraction of sp³-hybridized carbons (Fsp3) is 0.300. The van der Waals surface area contributed by atoms with E-state index in [2.05, 4.69) is 5.32 Å². The Bertz CT molecular complexity index is 796. The zero-order valence-corrected chi connectivity index (χ0v) is 15.3. The molecule has 1 N–H and O–H groups in total. The van der Waals surface area contributed by atoms with Gasteiger partial charge >= 0.3 is 5.97 Å². The number of nitrogens with one attached hydrogen (secondary N) is 1. The quantitative estimate of drug-likeness (QED) is 0.799. The van der Waals surface area contributed by atoms with Gasteiger partial charge < -0.3 is 14.8 Å². The molecule has 138 valence electrons. The molecule has 0 aromatic heterocycles. The maximum atomic E-state index is 13.5. The van der Waals surface area contributed by atoms with Crippen molar-refractivity contribution in [3.8, 4) is 5.75 Å². The predicted octanol–water partition coefficient (Wildman–Crippen LogP) is 3.70. The van der Waals surface area contributed by atoms with Crippen molar-refractivity contribution < 1.29 is 23.5 Å². The van der Waals surface area contributed by atoms with Crippen molar-refractivity contribution in [3.05, 3.63) is 58.9 Å². The van der Waals surface area contributed by atoms with Crippen LogP contribution in [0.4, 0.5) is 10.1 Å². The zero-order chi connectivity index (χ0) is 19.3. The lowest BCUT2D eigenvalue weighted by atomic mass is 10.1. The molecule has 0 aliphatic heterocycles. The van der Waals surface area contributed by atoms with E-state index in [9.17, 15) is 14.0 Å². The third kappa shape index (κ3) is 5.05. The second-order valence-electron chi connectivity index (χ2n) is 6.12. The summed E-state index contributed by atoms with van der Waals surface area (Å²) in [6, 6.07) is 9.67. The zero-order valence-electron chi connectivity index (χ0n) is 15.3. The Kier molecular flexibility index (Phi) is 6.33. The average Bonchev–Trinajstić information content (AvgIpc) is 2.55. The third-order valence-corrected chi connectivity index (χ3v) is 3.75. The number of anilines is 1. The maximum Gasteiger partial charge on any atom is 0.344 e. The highest BCUT2D eigenvalue weighted by molar-refractivity contribution is 5.95. The van der Waals surface area contributed by atoms with Crippen LogP contribution in [0.15, 0.2) is 36.4 Å². The van der Waals surface area contributed by atoms with Crippen LogP contribution in [0.5, 0.6) is 5.75 Å². The molecule has 6 heteroatoms. The van der Waals surface area contributed by atoms with Crippen molar-refractivity contribution in [2.75, 3.05) is 11.9 Å². The van der Waals surface area contributed by atoms with Gasteiger partial charge in [0, 0.05) is 0 Å². The van der Waals surface area contributed by atoms with E-state index in [-0.39, 0.29) is 12.3 Å². The first-order valence-electron chi connectivity index (χ1n) is 8.23. The van der Waals surface area contributed by atoms with Crippen LogP contribution >= 0.6 is 0 Å². The Labute approximate surface area is 152 Å². The van der Waals surface area contributed by atoms with Gasteiger partial charge in [0.25, 0.3) is 5.91 Å². The van der Waals surface area contributed by atoms with Gasteiger partial charge in [-0.05, 0) is 51.0 Å². The molecule has 2 rings (SSSR count). The van der Waals surface area contributed by atoms with E-state index in [1.165, 1.54) is 25.1 Å². The lowest BCUT2D eigenvalue weighted by Crippen LogP contribution is -2.32. The molecular weight excluding hydrogens is 337 g/mol. The first-order valence-corrected chi connectivity index (χ1v) is 8.23. The summed E-state index contributed by atoms with van der Waals surface area (Å²) in [7, 11) is 0. The van der Waals surface area contributed by atoms with E-state index in [1.54, 1.807) is 6.07 Å². The molecule has 0 radical (unpaired) electrons. The Balaban J connectivity index is 1.89. The summed E-state index contributed by atoms with van der Waals surface area (Å²) in [4.78, 5) is 24.0. The minimum Gasteiger partial charge on any atom is -0.481 e. The number of carbonyl (C=O) groups excluding carboxylic acids is 2. The molecule has 0 saturated carbocycles. The Morgan fingerprint density at radius 2 is 1.73 bits per heavy atom. The SMILES string of the molecule is Cc1cc(C)c(OCC(=O)O[C@@H](C)C(=O)Nc2ccccc2F)c(C)c1. The number of halogens is 1. The van der Waals surface area contributed by atoms with E-state index in [0.717, 1.165) is 16.7 Å². The summed E-state index contributed by atoms with van der Waals surface area (Å²) in [5, 5.41) is 2.38. The lowest BCUT2D eigenvalue weighted by Gasteiger charge is -2.16. The summed E-state index contributed by atoms with van der Waals surface area (Å²) in [5.41, 5.74) is 2.97. The van der Waals surface area contributed by atoms with Crippen LogP contribution in [-0.4, -0.2) is 24.6 Å². The average molecular weight is 359 g/mol. The smallest absolute Gasteiger partial charge is 0.344 e. The van der Waals surface area contributed by atoms with Gasteiger partial charge in [0.1, 0.15) is 11.6 Å². The fourth-order valence-electron chi connectivity index (χ4n) is 2.61. The molecule has 0 bridgehead atoms. The Hall–Kier alpha value is -2.89. The number of esters is 1. The van der Waals surface area contributed by atoms with Gasteiger partial charge in [0.15, 0.2) is 12.7 Å². The fourth-order valence-corrected chi connectivity index (χ4v) is 2.61. The molecule has 1 atom stereocenters. The van der Waals surface area contributed by atoms with Crippen LogP contribution in [0.25, 0.3) is 0 Å². The van der Waals surface area contributed by atoms with Crippen LogP contribution in [-0.2, 0) is 14.3 Å². The molecule has 0 fully saturated rings. The molecule has 0 aliphatic carbocycles. The first-order chi connectivity index (χ1) is 12.3. The third-order valence-electron chi connectivity index (χ3n) is 3.75. The summed E-state index contributed by atoms with van der Waals surface area (Å²) in [6.07, 6.45) is -1.08. The van der Waals surface area contributed by atoms with Crippen molar-refractivity contribution in [2.45, 2.75) is 33.8 Å². The largest absolute Gasteiger partial charge is 0.481 e. The van der Waals surface area contributed by atoms with Crippen molar-refractivity contribution in [1.29, 1.82) is 0 Å². The number of carbonyl (C=O) groups is 2. The van der Waals surface area contributed by atoms with Gasteiger partial charge in [0.05, 0.1) is 5.69 Å². The van der Waals surface area contributed by atoms with Gasteiger partial charge in [-0.1, -0.05) is 29.8 Å². The molecule has 1 amide bonds. The highest BCUT2D eigenvalue weighted by Gasteiger charge is 2.19. The Morgan fingerprint density at radius 1 is 1.12 bits per heavy atom. The van der Waals surface area contributed by atoms with E-state index in [0.29, 0.717) is 5.75 Å². The number of rotatable bonds is 6. The molecular formula is C20H22FNO4. The Morgan fingerprint density at radius 3 is 2.35 bits per heavy atom. The lowest BCUT2D eigenvalue weighted by molar-refractivity contribution is -0.155. The van der Waals surface area contributed by atoms with Crippen LogP contribution in [0.1, 0.15) is 23.6 Å². The molecule has 0 spiro atoms. The minimum atomic E-state index is -1.08. The van der Waals surface area contributed by atoms with E-state index in [4.69, 9.17) is 9.47 Å². The van der Waals surface area contributed by atoms with E-state index < -0.39 is 23.8 Å². The van der Waals surface area contributed by atoms with Gasteiger partial charge in [-0.15, -0.1) is 0 Å². The second kappa shape index (κ2) is 8.47. The van der Waals surface area contributed by atoms with Gasteiger partial charge in [-0.25, -0.2) is 9.18 Å². The second-order valence-corrected chi connectivity index (χ2v) is 6.12. The standard InChI is InChI=1S/C20H22FNO4/c1-12-9-13(2)19(14(3)10-12)25-11-18(23)26-15(4)20(24)22-17-8-6-5-7-16(17)21/h5-10,15H,11H2,1-4H3,(H,22,24)/t15-/m0/s1. The molecule has 5 nitrogen and oxygen atoms in total. The van der Waals surface area contributed by atoms with Crippen LogP contribution in [0, 0.1) is 26.6 Å². The van der Waals surface area contributed by atoms with E-state index in [1.807, 2.05) is 32.9 Å². The molecule has 2 aromatic carbocycles. The number of hydrogen-bond donors (Lipinski definition) is 1. The van der Waals surface area contributed by atoms with Gasteiger partial charge in [-0.2, -0.15) is 0 Å². The summed E-state index contributed by atoms with van der Waals surface area (Å²) in [5.74, 6) is -1.24. The van der Waals surface area contributed by atoms with Crippen LogP contribution < -0.4 is 10.1 Å². The van der Waals surface area contributed by atoms with Crippen molar-refractivity contribution in [2.24, 2.45) is 0 Å². The summed E-state index contributed by atoms with van der Waals surface area (Å²) in [6.45, 7) is 6.86. The normalized spacial score (nSPS) is 11.6. The number of hydrogen-bond acceptors (Lipinski definition) is 4. The first kappa shape index (κ1) is 19.4. The topological polar surface area (TPSA) is 64.6 Å². The number of amides is 1. The van der Waals surface area contributed by atoms with Gasteiger partial charge in [-0.3, -0.25) is 4.79 Å². The summed E-state index contributed by atoms with van der Waals surface area (Å²) < 4.78 is 24.1. The predicted molar refractivity (Wildman–Crippen MR) is 96.7 cm³/mol. The molecule has 0 unspecified atom stereocenters. The van der Waals surface area contributed by atoms with E-state index >= 15 is 0 Å². The van der Waals surface area contributed by atoms with Gasteiger partial charge in [0.2, 0.25) is 0 Å². The minimum absolute atomic E-state index is 0.0301. The molecule has 2 aromatic rings. The number of para-hydroxylation sites is 1. The maximum absolute atomic E-state index is 13.5. The van der Waals surface area contributed by atoms with Crippen LogP contribution in [0.3, 0.4) is 0 Å². The molecule has 0 aliphatic rings. The van der Waals surface area contributed by atoms with Crippen molar-refractivity contribution in [1.82, 2.24) is 0 Å². The van der Waals surface area contributed by atoms with Crippen molar-refractivity contribution in [3.63, 3.8) is 0 Å². The summed E-state index contributed by atoms with van der Waals surface area (Å²) >= 11 is 0. The molecule has 26 heavy (non-hydrogen) atoms. The number of aryl methyl sites for hydroxylation is 3. The van der Waals surface area contributed by atoms with Crippen LogP contribution in [0.2, 0.25) is 0 Å².